The molecule has 4 N–H and O–H groups in total. The fourth-order valence-corrected chi connectivity index (χ4v) is 2.96. The highest BCUT2D eigenvalue weighted by molar-refractivity contribution is 5.71. The summed E-state index contributed by atoms with van der Waals surface area (Å²) in [5.74, 6) is 0.783. The van der Waals surface area contributed by atoms with Gasteiger partial charge in [0.05, 0.1) is 0 Å². The van der Waals surface area contributed by atoms with Gasteiger partial charge in [0.1, 0.15) is 0 Å². The van der Waals surface area contributed by atoms with Crippen LogP contribution in [0.3, 0.4) is 0 Å². The molecule has 0 aromatic carbocycles. The van der Waals surface area contributed by atoms with Crippen molar-refractivity contribution < 1.29 is 4.79 Å². The molecule has 0 aromatic rings. The van der Waals surface area contributed by atoms with Crippen molar-refractivity contribution in [3.05, 3.63) is 0 Å². The molecule has 4 heteroatoms. The quantitative estimate of drug-likeness (QED) is 0.636. The van der Waals surface area contributed by atoms with Crippen LogP contribution in [0.2, 0.25) is 0 Å². The van der Waals surface area contributed by atoms with Crippen LogP contribution in [0.15, 0.2) is 0 Å². The predicted molar refractivity (Wildman–Crippen MR) is 66.2 cm³/mol. The zero-order valence-electron chi connectivity index (χ0n) is 10.7. The number of rotatable bonds is 4. The van der Waals surface area contributed by atoms with Crippen molar-refractivity contribution in [1.82, 2.24) is 10.6 Å². The summed E-state index contributed by atoms with van der Waals surface area (Å²) in [4.78, 5) is 10.5. The summed E-state index contributed by atoms with van der Waals surface area (Å²) in [7, 11) is 0. The van der Waals surface area contributed by atoms with Crippen molar-refractivity contribution in [2.24, 2.45) is 17.1 Å². The third kappa shape index (κ3) is 4.84. The molecule has 2 atom stereocenters. The van der Waals surface area contributed by atoms with Gasteiger partial charge in [-0.1, -0.05) is 20.8 Å². The van der Waals surface area contributed by atoms with Crippen LogP contribution in [0.5, 0.6) is 0 Å². The van der Waals surface area contributed by atoms with Crippen molar-refractivity contribution in [3.63, 3.8) is 0 Å². The minimum Gasteiger partial charge on any atom is -0.352 e. The van der Waals surface area contributed by atoms with Crippen LogP contribution in [-0.4, -0.2) is 25.2 Å². The van der Waals surface area contributed by atoms with E-state index in [1.165, 1.54) is 19.3 Å². The van der Waals surface area contributed by atoms with Gasteiger partial charge < -0.3 is 16.4 Å². The minimum absolute atomic E-state index is 0.437. The minimum atomic E-state index is -0.445. The van der Waals surface area contributed by atoms with E-state index < -0.39 is 6.03 Å². The lowest BCUT2D eigenvalue weighted by Crippen LogP contribution is -2.43. The van der Waals surface area contributed by atoms with Crippen LogP contribution in [-0.2, 0) is 0 Å². The molecule has 2 unspecified atom stereocenters. The molecule has 4 nitrogen and oxygen atoms in total. The molecule has 0 radical (unpaired) electrons. The highest BCUT2D eigenvalue weighted by Crippen LogP contribution is 2.38. The predicted octanol–water partition coefficient (Wildman–Crippen LogP) is 1.46. The van der Waals surface area contributed by atoms with E-state index in [1.54, 1.807) is 0 Å². The molecule has 94 valence electrons. The van der Waals surface area contributed by atoms with Gasteiger partial charge in [0.2, 0.25) is 0 Å². The monoisotopic (exact) mass is 227 g/mol. The lowest BCUT2D eigenvalue weighted by Gasteiger charge is -2.39. The molecule has 1 fully saturated rings. The fourth-order valence-electron chi connectivity index (χ4n) is 2.96. The molecular weight excluding hydrogens is 202 g/mol. The summed E-state index contributed by atoms with van der Waals surface area (Å²) in [5, 5.41) is 6.09. The number of hydrogen-bond donors (Lipinski definition) is 3. The number of urea groups is 1. The van der Waals surface area contributed by atoms with E-state index in [0.29, 0.717) is 18.0 Å². The number of amides is 2. The van der Waals surface area contributed by atoms with Gasteiger partial charge in [0.15, 0.2) is 0 Å². The molecule has 1 aliphatic rings. The number of hydrogen-bond acceptors (Lipinski definition) is 2. The summed E-state index contributed by atoms with van der Waals surface area (Å²) in [6, 6.07) is 0.132. The van der Waals surface area contributed by atoms with E-state index in [-0.39, 0.29) is 0 Å². The fraction of sp³-hybridized carbons (Fsp3) is 0.917. The average molecular weight is 227 g/mol. The van der Waals surface area contributed by atoms with Crippen molar-refractivity contribution in [2.75, 3.05) is 13.1 Å². The Morgan fingerprint density at radius 2 is 2.06 bits per heavy atom. The highest BCUT2D eigenvalue weighted by Gasteiger charge is 2.31. The Balaban J connectivity index is 2.23. The smallest absolute Gasteiger partial charge is 0.312 e. The van der Waals surface area contributed by atoms with E-state index in [4.69, 9.17) is 5.73 Å². The van der Waals surface area contributed by atoms with Gasteiger partial charge in [0, 0.05) is 19.1 Å². The molecule has 16 heavy (non-hydrogen) atoms. The third-order valence-electron chi connectivity index (χ3n) is 3.24. The average Bonchev–Trinajstić information content (AvgIpc) is 2.08. The van der Waals surface area contributed by atoms with Crippen LogP contribution in [0.1, 0.15) is 40.0 Å². The van der Waals surface area contributed by atoms with E-state index >= 15 is 0 Å². The molecule has 2 amide bonds. The van der Waals surface area contributed by atoms with Gasteiger partial charge in [-0.2, -0.15) is 0 Å². The summed E-state index contributed by atoms with van der Waals surface area (Å²) in [6.45, 7) is 8.40. The molecule has 0 spiro atoms. The van der Waals surface area contributed by atoms with E-state index in [2.05, 4.69) is 31.4 Å². The first-order valence-electron chi connectivity index (χ1n) is 6.16. The van der Waals surface area contributed by atoms with Crippen LogP contribution >= 0.6 is 0 Å². The standard InChI is InChI=1S/C12H25N3O/c1-9-6-10(8-12(2,3)7-9)14-4-5-15-11(13)16/h9-10,14H,4-8H2,1-3H3,(H3,13,15,16). The third-order valence-corrected chi connectivity index (χ3v) is 3.24. The molecule has 0 aromatic heterocycles. The summed E-state index contributed by atoms with van der Waals surface area (Å²) >= 11 is 0. The maximum atomic E-state index is 10.5. The molecule has 0 aliphatic heterocycles. The lowest BCUT2D eigenvalue weighted by molar-refractivity contribution is 0.152. The molecule has 0 saturated heterocycles. The van der Waals surface area contributed by atoms with Crippen LogP contribution in [0, 0.1) is 11.3 Å². The normalized spacial score (nSPS) is 28.7. The zero-order chi connectivity index (χ0) is 12.2. The molecule has 1 saturated carbocycles. The summed E-state index contributed by atoms with van der Waals surface area (Å²) in [5.41, 5.74) is 5.44. The van der Waals surface area contributed by atoms with Crippen LogP contribution < -0.4 is 16.4 Å². The Morgan fingerprint density at radius 1 is 1.38 bits per heavy atom. The van der Waals surface area contributed by atoms with Crippen LogP contribution in [0.4, 0.5) is 4.79 Å². The van der Waals surface area contributed by atoms with Gasteiger partial charge in [-0.25, -0.2) is 4.79 Å². The Hall–Kier alpha value is -0.770. The second kappa shape index (κ2) is 5.53. The van der Waals surface area contributed by atoms with Gasteiger partial charge in [-0.15, -0.1) is 0 Å². The highest BCUT2D eigenvalue weighted by atomic mass is 16.2. The Morgan fingerprint density at radius 3 is 2.62 bits per heavy atom. The Kier molecular flexibility index (Phi) is 4.59. The number of primary amides is 1. The molecular formula is C12H25N3O. The van der Waals surface area contributed by atoms with Gasteiger partial charge in [-0.3, -0.25) is 0 Å². The number of nitrogens with two attached hydrogens (primary N) is 1. The largest absolute Gasteiger partial charge is 0.352 e. The Bertz CT molecular complexity index is 240. The number of carbonyl (C=O) groups is 1. The van der Waals surface area contributed by atoms with Crippen molar-refractivity contribution in [1.29, 1.82) is 0 Å². The first kappa shape index (κ1) is 13.3. The van der Waals surface area contributed by atoms with E-state index in [1.807, 2.05) is 0 Å². The van der Waals surface area contributed by atoms with E-state index in [9.17, 15) is 4.79 Å². The van der Waals surface area contributed by atoms with Crippen molar-refractivity contribution in [2.45, 2.75) is 46.1 Å². The van der Waals surface area contributed by atoms with Crippen molar-refractivity contribution in [3.8, 4) is 0 Å². The number of carbonyl (C=O) groups excluding carboxylic acids is 1. The molecule has 1 rings (SSSR count). The number of nitrogens with one attached hydrogen (secondary N) is 2. The SMILES string of the molecule is CC1CC(NCCNC(N)=O)CC(C)(C)C1. The lowest BCUT2D eigenvalue weighted by atomic mass is 9.70. The molecule has 0 bridgehead atoms. The first-order valence-corrected chi connectivity index (χ1v) is 6.16. The summed E-state index contributed by atoms with van der Waals surface area (Å²) < 4.78 is 0. The van der Waals surface area contributed by atoms with E-state index in [0.717, 1.165) is 12.5 Å². The van der Waals surface area contributed by atoms with Crippen LogP contribution in [0.25, 0.3) is 0 Å². The summed E-state index contributed by atoms with van der Waals surface area (Å²) in [6.07, 6.45) is 3.76. The molecule has 1 aliphatic carbocycles. The second-order valence-corrected chi connectivity index (χ2v) is 5.86. The maximum absolute atomic E-state index is 10.5. The Labute approximate surface area is 98.3 Å². The zero-order valence-corrected chi connectivity index (χ0v) is 10.7. The second-order valence-electron chi connectivity index (χ2n) is 5.86. The van der Waals surface area contributed by atoms with Gasteiger partial charge >= 0.3 is 6.03 Å². The topological polar surface area (TPSA) is 67.2 Å². The molecule has 0 heterocycles. The van der Waals surface area contributed by atoms with Crippen molar-refractivity contribution >= 4 is 6.03 Å². The van der Waals surface area contributed by atoms with Gasteiger partial charge in [0.25, 0.3) is 0 Å². The first-order chi connectivity index (χ1) is 7.39. The van der Waals surface area contributed by atoms with Gasteiger partial charge in [-0.05, 0) is 30.6 Å². The maximum Gasteiger partial charge on any atom is 0.312 e.